The number of hydrogen-bond donors (Lipinski definition) is 1. The third kappa shape index (κ3) is 5.12. The van der Waals surface area contributed by atoms with Crippen LogP contribution in [0.3, 0.4) is 0 Å². The second-order valence-electron chi connectivity index (χ2n) is 7.16. The Morgan fingerprint density at radius 2 is 1.64 bits per heavy atom. The van der Waals surface area contributed by atoms with Crippen molar-refractivity contribution < 1.29 is 5.11 Å². The molecule has 1 unspecified atom stereocenters. The van der Waals surface area contributed by atoms with Gasteiger partial charge in [0.2, 0.25) is 0 Å². The largest absolute Gasteiger partial charge is 0.388 e. The highest BCUT2D eigenvalue weighted by Gasteiger charge is 2.22. The molecule has 0 aliphatic heterocycles. The molecule has 1 atom stereocenters. The Balaban J connectivity index is 1.76. The summed E-state index contributed by atoms with van der Waals surface area (Å²) in [6.45, 7) is 4.32. The van der Waals surface area contributed by atoms with Crippen LogP contribution in [-0.4, -0.2) is 5.11 Å². The van der Waals surface area contributed by atoms with Crippen molar-refractivity contribution in [1.82, 2.24) is 0 Å². The minimum Gasteiger partial charge on any atom is -0.388 e. The van der Waals surface area contributed by atoms with Gasteiger partial charge in [0, 0.05) is 0 Å². The zero-order valence-electron chi connectivity index (χ0n) is 14.6. The first kappa shape index (κ1) is 17.5. The lowest BCUT2D eigenvalue weighted by atomic mass is 9.77. The molecule has 0 radical (unpaired) electrons. The maximum atomic E-state index is 9.89. The van der Waals surface area contributed by atoms with Crippen molar-refractivity contribution in [3.05, 3.63) is 35.4 Å². The zero-order chi connectivity index (χ0) is 15.8. The molecule has 1 N–H and O–H groups in total. The normalized spacial score (nSPS) is 23.4. The average molecular weight is 303 g/mol. The van der Waals surface area contributed by atoms with E-state index in [0.717, 1.165) is 23.8 Å². The van der Waals surface area contributed by atoms with E-state index in [0.29, 0.717) is 0 Å². The third-order valence-electron chi connectivity index (χ3n) is 5.49. The van der Waals surface area contributed by atoms with Gasteiger partial charge in [0.15, 0.2) is 0 Å². The van der Waals surface area contributed by atoms with Gasteiger partial charge in [-0.05, 0) is 55.1 Å². The van der Waals surface area contributed by atoms with Gasteiger partial charge in [-0.15, -0.1) is 0 Å². The number of aliphatic hydroxyl groups excluding tert-OH is 1. The molecule has 1 aliphatic rings. The van der Waals surface area contributed by atoms with Gasteiger partial charge in [-0.2, -0.15) is 0 Å². The monoisotopic (exact) mass is 302 g/mol. The lowest BCUT2D eigenvalue weighted by Crippen LogP contribution is -2.13. The number of unbranched alkanes of at least 4 members (excludes halogenated alkanes) is 3. The van der Waals surface area contributed by atoms with Crippen LogP contribution in [-0.2, 0) is 0 Å². The van der Waals surface area contributed by atoms with E-state index in [1.54, 1.807) is 0 Å². The minimum atomic E-state index is -0.298. The predicted octanol–water partition coefficient (Wildman–Crippen LogP) is 6.37. The molecule has 1 heteroatoms. The molecule has 1 aromatic carbocycles. The van der Waals surface area contributed by atoms with Crippen molar-refractivity contribution in [2.45, 2.75) is 90.1 Å². The van der Waals surface area contributed by atoms with Crippen molar-refractivity contribution in [3.8, 4) is 0 Å². The molecule has 0 heterocycles. The fourth-order valence-corrected chi connectivity index (χ4v) is 3.87. The Hall–Kier alpha value is -0.820. The van der Waals surface area contributed by atoms with Crippen molar-refractivity contribution in [3.63, 3.8) is 0 Å². The maximum absolute atomic E-state index is 9.89. The highest BCUT2D eigenvalue weighted by Crippen LogP contribution is 2.38. The Kier molecular flexibility index (Phi) is 7.45. The van der Waals surface area contributed by atoms with E-state index in [9.17, 15) is 5.11 Å². The van der Waals surface area contributed by atoms with Gasteiger partial charge in [0.1, 0.15) is 0 Å². The molecule has 1 fully saturated rings. The van der Waals surface area contributed by atoms with Gasteiger partial charge >= 0.3 is 0 Å². The van der Waals surface area contributed by atoms with Crippen LogP contribution >= 0.6 is 0 Å². The van der Waals surface area contributed by atoms with Crippen LogP contribution in [0, 0.1) is 5.92 Å². The van der Waals surface area contributed by atoms with E-state index >= 15 is 0 Å². The predicted molar refractivity (Wildman–Crippen MR) is 95.2 cm³/mol. The van der Waals surface area contributed by atoms with Crippen LogP contribution in [0.5, 0.6) is 0 Å². The van der Waals surface area contributed by atoms with E-state index in [4.69, 9.17) is 0 Å². The van der Waals surface area contributed by atoms with Gasteiger partial charge in [0.05, 0.1) is 6.10 Å². The van der Waals surface area contributed by atoms with Crippen LogP contribution in [0.25, 0.3) is 0 Å². The van der Waals surface area contributed by atoms with Gasteiger partial charge < -0.3 is 5.11 Å². The molecule has 1 nitrogen and oxygen atoms in total. The lowest BCUT2D eigenvalue weighted by molar-refractivity contribution is 0.173. The summed E-state index contributed by atoms with van der Waals surface area (Å²) in [5.41, 5.74) is 2.55. The van der Waals surface area contributed by atoms with Crippen LogP contribution in [0.1, 0.15) is 101 Å². The summed E-state index contributed by atoms with van der Waals surface area (Å²) in [4.78, 5) is 0. The Bertz CT molecular complexity index is 400. The molecule has 22 heavy (non-hydrogen) atoms. The van der Waals surface area contributed by atoms with Crippen molar-refractivity contribution in [2.75, 3.05) is 0 Å². The van der Waals surface area contributed by atoms with Crippen molar-refractivity contribution in [1.29, 1.82) is 0 Å². The van der Waals surface area contributed by atoms with Gasteiger partial charge in [-0.3, -0.25) is 0 Å². The summed E-state index contributed by atoms with van der Waals surface area (Å²) in [7, 11) is 0. The average Bonchev–Trinajstić information content (AvgIpc) is 2.59. The molecular formula is C21H34O. The third-order valence-corrected chi connectivity index (χ3v) is 5.49. The van der Waals surface area contributed by atoms with Crippen molar-refractivity contribution in [2.24, 2.45) is 5.92 Å². The van der Waals surface area contributed by atoms with E-state index < -0.39 is 0 Å². The second-order valence-corrected chi connectivity index (χ2v) is 7.16. The van der Waals surface area contributed by atoms with E-state index in [1.165, 1.54) is 63.4 Å². The molecule has 0 saturated heterocycles. The van der Waals surface area contributed by atoms with Gasteiger partial charge in [-0.25, -0.2) is 0 Å². The minimum absolute atomic E-state index is 0.298. The molecule has 1 aromatic rings. The Labute approximate surface area is 137 Å². The lowest BCUT2D eigenvalue weighted by Gasteiger charge is -2.29. The number of rotatable bonds is 8. The highest BCUT2D eigenvalue weighted by molar-refractivity contribution is 5.27. The van der Waals surface area contributed by atoms with Crippen LogP contribution in [0.15, 0.2) is 24.3 Å². The van der Waals surface area contributed by atoms with Gasteiger partial charge in [-0.1, -0.05) is 70.2 Å². The first-order valence-electron chi connectivity index (χ1n) is 9.52. The first-order chi connectivity index (χ1) is 10.7. The molecule has 0 amide bonds. The topological polar surface area (TPSA) is 20.2 Å². The molecule has 2 rings (SSSR count). The zero-order valence-corrected chi connectivity index (χ0v) is 14.6. The quantitative estimate of drug-likeness (QED) is 0.553. The molecule has 124 valence electrons. The van der Waals surface area contributed by atoms with Gasteiger partial charge in [0.25, 0.3) is 0 Å². The molecular weight excluding hydrogens is 268 g/mol. The standard InChI is InChI=1S/C21H34O/c1-3-5-6-7-8-17-9-11-18(12-10-17)19-13-15-20(16-14-19)21(22)4-2/h13-18,21-22H,3-12H2,1-2H3. The summed E-state index contributed by atoms with van der Waals surface area (Å²) in [5, 5.41) is 9.89. The van der Waals surface area contributed by atoms with Crippen molar-refractivity contribution >= 4 is 0 Å². The molecule has 0 bridgehead atoms. The fourth-order valence-electron chi connectivity index (χ4n) is 3.87. The van der Waals surface area contributed by atoms with E-state index in [-0.39, 0.29) is 6.10 Å². The maximum Gasteiger partial charge on any atom is 0.0787 e. The summed E-state index contributed by atoms with van der Waals surface area (Å²) < 4.78 is 0. The summed E-state index contributed by atoms with van der Waals surface area (Å²) in [6, 6.07) is 8.75. The number of aliphatic hydroxyl groups is 1. The highest BCUT2D eigenvalue weighted by atomic mass is 16.3. The second kappa shape index (κ2) is 9.35. The van der Waals surface area contributed by atoms with E-state index in [2.05, 4.69) is 31.2 Å². The van der Waals surface area contributed by atoms with E-state index in [1.807, 2.05) is 6.92 Å². The Morgan fingerprint density at radius 1 is 0.955 bits per heavy atom. The van der Waals surface area contributed by atoms with Crippen LogP contribution in [0.4, 0.5) is 0 Å². The summed E-state index contributed by atoms with van der Waals surface area (Å²) >= 11 is 0. The molecule has 1 saturated carbocycles. The first-order valence-corrected chi connectivity index (χ1v) is 9.52. The van der Waals surface area contributed by atoms with Crippen LogP contribution < -0.4 is 0 Å². The fraction of sp³-hybridized carbons (Fsp3) is 0.714. The number of hydrogen-bond acceptors (Lipinski definition) is 1. The summed E-state index contributed by atoms with van der Waals surface area (Å²) in [5.74, 6) is 1.73. The smallest absolute Gasteiger partial charge is 0.0787 e. The van der Waals surface area contributed by atoms with Crippen LogP contribution in [0.2, 0.25) is 0 Å². The molecule has 0 spiro atoms. The molecule has 0 aromatic heterocycles. The summed E-state index contributed by atoms with van der Waals surface area (Å²) in [6.07, 6.45) is 13.1. The molecule has 1 aliphatic carbocycles. The SMILES string of the molecule is CCCCCCC1CCC(c2ccc(C(O)CC)cc2)CC1. The Morgan fingerprint density at radius 3 is 2.23 bits per heavy atom. The number of benzene rings is 1.